The van der Waals surface area contributed by atoms with Crippen molar-refractivity contribution >= 4 is 5.71 Å². The highest BCUT2D eigenvalue weighted by molar-refractivity contribution is 6.15. The summed E-state index contributed by atoms with van der Waals surface area (Å²) in [7, 11) is 0. The predicted octanol–water partition coefficient (Wildman–Crippen LogP) is 2.75. The number of rotatable bonds is 0. The third-order valence-corrected chi connectivity index (χ3v) is 3.33. The van der Waals surface area contributed by atoms with Crippen LogP contribution in [0.25, 0.3) is 0 Å². The van der Waals surface area contributed by atoms with Crippen molar-refractivity contribution in [3.05, 3.63) is 58.7 Å². The van der Waals surface area contributed by atoms with E-state index in [1.165, 1.54) is 0 Å². The van der Waals surface area contributed by atoms with Crippen LogP contribution in [0, 0.1) is 5.41 Å². The van der Waals surface area contributed by atoms with Gasteiger partial charge in [0.1, 0.15) is 6.10 Å². The molecule has 1 unspecified atom stereocenters. The Balaban J connectivity index is 2.22. The first kappa shape index (κ1) is 9.55. The van der Waals surface area contributed by atoms with Gasteiger partial charge in [0, 0.05) is 11.1 Å². The number of hydrogen-bond donors (Lipinski definition) is 2. The zero-order chi connectivity index (χ0) is 11.1. The molecule has 1 atom stereocenters. The van der Waals surface area contributed by atoms with E-state index < -0.39 is 6.10 Å². The van der Waals surface area contributed by atoms with Gasteiger partial charge < -0.3 is 5.11 Å². The summed E-state index contributed by atoms with van der Waals surface area (Å²) in [6.07, 6.45) is 5.36. The van der Waals surface area contributed by atoms with Gasteiger partial charge in [0.15, 0.2) is 0 Å². The van der Waals surface area contributed by atoms with Gasteiger partial charge in [-0.05, 0) is 24.0 Å². The Labute approximate surface area is 94.4 Å². The fourth-order valence-corrected chi connectivity index (χ4v) is 2.51. The van der Waals surface area contributed by atoms with Gasteiger partial charge in [-0.15, -0.1) is 0 Å². The largest absolute Gasteiger partial charge is 0.384 e. The van der Waals surface area contributed by atoms with Crippen molar-refractivity contribution in [1.82, 2.24) is 0 Å². The Morgan fingerprint density at radius 2 is 2.06 bits per heavy atom. The van der Waals surface area contributed by atoms with Crippen LogP contribution in [0.3, 0.4) is 0 Å². The summed E-state index contributed by atoms with van der Waals surface area (Å²) in [5.41, 5.74) is 4.21. The van der Waals surface area contributed by atoms with Gasteiger partial charge in [-0.25, -0.2) is 0 Å². The van der Waals surface area contributed by atoms with Gasteiger partial charge in [-0.2, -0.15) is 0 Å². The highest BCUT2D eigenvalue weighted by atomic mass is 16.3. The topological polar surface area (TPSA) is 44.1 Å². The van der Waals surface area contributed by atoms with E-state index in [2.05, 4.69) is 6.08 Å². The smallest absolute Gasteiger partial charge is 0.102 e. The molecular formula is C14H13NO. The molecule has 0 aromatic heterocycles. The number of fused-ring (bicyclic) bond motifs is 1. The minimum Gasteiger partial charge on any atom is -0.384 e. The van der Waals surface area contributed by atoms with Crippen molar-refractivity contribution in [2.24, 2.45) is 0 Å². The molecule has 0 fully saturated rings. The number of aliphatic hydroxyl groups excluding tert-OH is 1. The second kappa shape index (κ2) is 3.42. The normalized spacial score (nSPS) is 23.1. The van der Waals surface area contributed by atoms with Gasteiger partial charge in [-0.1, -0.05) is 36.4 Å². The van der Waals surface area contributed by atoms with Gasteiger partial charge >= 0.3 is 0 Å². The summed E-state index contributed by atoms with van der Waals surface area (Å²) in [4.78, 5) is 0. The van der Waals surface area contributed by atoms with E-state index in [0.717, 1.165) is 35.1 Å². The molecule has 0 bridgehead atoms. The van der Waals surface area contributed by atoms with E-state index in [-0.39, 0.29) is 0 Å². The van der Waals surface area contributed by atoms with Crippen LogP contribution in [-0.4, -0.2) is 10.8 Å². The lowest BCUT2D eigenvalue weighted by Crippen LogP contribution is -2.21. The molecule has 80 valence electrons. The maximum atomic E-state index is 10.3. The van der Waals surface area contributed by atoms with E-state index in [1.807, 2.05) is 30.3 Å². The fraction of sp³-hybridized carbons (Fsp3) is 0.214. The molecule has 0 radical (unpaired) electrons. The van der Waals surface area contributed by atoms with Gasteiger partial charge in [0.2, 0.25) is 0 Å². The Kier molecular flexibility index (Phi) is 2.04. The Morgan fingerprint density at radius 1 is 1.25 bits per heavy atom. The highest BCUT2D eigenvalue weighted by Crippen LogP contribution is 2.38. The van der Waals surface area contributed by atoms with Crippen molar-refractivity contribution in [1.29, 1.82) is 5.41 Å². The van der Waals surface area contributed by atoms with Crippen LogP contribution in [0.15, 0.2) is 47.6 Å². The first-order valence-electron chi connectivity index (χ1n) is 5.55. The molecule has 2 N–H and O–H groups in total. The second-order valence-corrected chi connectivity index (χ2v) is 4.24. The van der Waals surface area contributed by atoms with Crippen LogP contribution >= 0.6 is 0 Å². The van der Waals surface area contributed by atoms with E-state index in [0.29, 0.717) is 5.71 Å². The summed E-state index contributed by atoms with van der Waals surface area (Å²) < 4.78 is 0. The second-order valence-electron chi connectivity index (χ2n) is 4.24. The van der Waals surface area contributed by atoms with Crippen molar-refractivity contribution in [3.8, 4) is 0 Å². The summed E-state index contributed by atoms with van der Waals surface area (Å²) in [5, 5.41) is 18.5. The molecule has 3 rings (SSSR count). The van der Waals surface area contributed by atoms with Gasteiger partial charge in [0.05, 0.1) is 5.71 Å². The van der Waals surface area contributed by atoms with E-state index in [9.17, 15) is 5.11 Å². The molecule has 2 aliphatic carbocycles. The Morgan fingerprint density at radius 3 is 2.94 bits per heavy atom. The quantitative estimate of drug-likeness (QED) is 0.681. The molecular weight excluding hydrogens is 198 g/mol. The van der Waals surface area contributed by atoms with Gasteiger partial charge in [0.25, 0.3) is 0 Å². The monoisotopic (exact) mass is 211 g/mol. The first-order valence-corrected chi connectivity index (χ1v) is 5.55. The van der Waals surface area contributed by atoms with E-state index in [4.69, 9.17) is 5.41 Å². The average Bonchev–Trinajstić information content (AvgIpc) is 2.36. The summed E-state index contributed by atoms with van der Waals surface area (Å²) in [6, 6.07) is 7.65. The lowest BCUT2D eigenvalue weighted by Gasteiger charge is -2.28. The Bertz CT molecular complexity index is 525. The standard InChI is InChI=1S/C14H13NO/c15-13-9-5-1-3-7-11(9)14(16)12-8-4-2-6-10(12)13/h1-3,5-7,14-16H,4,8H2. The fourth-order valence-electron chi connectivity index (χ4n) is 2.51. The summed E-state index contributed by atoms with van der Waals surface area (Å²) >= 11 is 0. The minimum absolute atomic E-state index is 0.523. The molecule has 0 saturated carbocycles. The van der Waals surface area contributed by atoms with Crippen LogP contribution in [0.1, 0.15) is 30.1 Å². The zero-order valence-corrected chi connectivity index (χ0v) is 8.90. The molecule has 0 aliphatic heterocycles. The number of aliphatic hydroxyl groups is 1. The number of benzene rings is 1. The molecule has 2 nitrogen and oxygen atoms in total. The molecule has 0 amide bonds. The number of hydrogen-bond acceptors (Lipinski definition) is 2. The third kappa shape index (κ3) is 1.20. The van der Waals surface area contributed by atoms with Crippen molar-refractivity contribution in [3.63, 3.8) is 0 Å². The molecule has 0 saturated heterocycles. The first-order chi connectivity index (χ1) is 7.79. The molecule has 2 aliphatic rings. The number of nitrogens with one attached hydrogen (secondary N) is 1. The van der Waals surface area contributed by atoms with Crippen LogP contribution in [0.2, 0.25) is 0 Å². The van der Waals surface area contributed by atoms with Crippen LogP contribution in [0.4, 0.5) is 0 Å². The predicted molar refractivity (Wildman–Crippen MR) is 63.6 cm³/mol. The van der Waals surface area contributed by atoms with Gasteiger partial charge in [-0.3, -0.25) is 5.41 Å². The average molecular weight is 211 g/mol. The van der Waals surface area contributed by atoms with E-state index >= 15 is 0 Å². The van der Waals surface area contributed by atoms with Crippen molar-refractivity contribution in [2.45, 2.75) is 18.9 Å². The van der Waals surface area contributed by atoms with Crippen molar-refractivity contribution < 1.29 is 5.11 Å². The molecule has 2 heteroatoms. The van der Waals surface area contributed by atoms with Crippen LogP contribution < -0.4 is 0 Å². The van der Waals surface area contributed by atoms with Crippen molar-refractivity contribution in [2.75, 3.05) is 0 Å². The maximum Gasteiger partial charge on any atom is 0.102 e. The van der Waals surface area contributed by atoms with E-state index in [1.54, 1.807) is 0 Å². The molecule has 1 aromatic rings. The lowest BCUT2D eigenvalue weighted by molar-refractivity contribution is 0.209. The SMILES string of the molecule is N=C1C2=C(CCC=C2)C(O)c2ccccc21. The van der Waals surface area contributed by atoms with Crippen LogP contribution in [0.5, 0.6) is 0 Å². The molecule has 0 heterocycles. The maximum absolute atomic E-state index is 10.3. The zero-order valence-electron chi connectivity index (χ0n) is 8.90. The number of allylic oxidation sites excluding steroid dienone is 3. The Hall–Kier alpha value is -1.67. The third-order valence-electron chi connectivity index (χ3n) is 3.33. The molecule has 16 heavy (non-hydrogen) atoms. The molecule has 0 spiro atoms. The van der Waals surface area contributed by atoms with Crippen LogP contribution in [-0.2, 0) is 0 Å². The highest BCUT2D eigenvalue weighted by Gasteiger charge is 2.28. The minimum atomic E-state index is -0.523. The summed E-state index contributed by atoms with van der Waals surface area (Å²) in [5.74, 6) is 0. The summed E-state index contributed by atoms with van der Waals surface area (Å²) in [6.45, 7) is 0. The molecule has 1 aromatic carbocycles. The lowest BCUT2D eigenvalue weighted by atomic mass is 9.79.